The summed E-state index contributed by atoms with van der Waals surface area (Å²) in [5.41, 5.74) is 2.66. The topological polar surface area (TPSA) is 29.5 Å². The molecule has 3 nitrogen and oxygen atoms in total. The van der Waals surface area contributed by atoms with Crippen molar-refractivity contribution in [3.05, 3.63) is 77.9 Å². The van der Waals surface area contributed by atoms with Crippen molar-refractivity contribution in [2.45, 2.75) is 13.2 Å². The second-order valence-electron chi connectivity index (χ2n) is 5.66. The van der Waals surface area contributed by atoms with E-state index in [1.807, 2.05) is 36.4 Å². The molecule has 0 bridgehead atoms. The van der Waals surface area contributed by atoms with Crippen molar-refractivity contribution >= 4 is 22.4 Å². The third-order valence-corrected chi connectivity index (χ3v) is 4.35. The Morgan fingerprint density at radius 2 is 1.70 bits per heavy atom. The van der Waals surface area contributed by atoms with E-state index >= 15 is 0 Å². The average Bonchev–Trinajstić information content (AvgIpc) is 2.93. The normalized spacial score (nSPS) is 16.2. The van der Waals surface area contributed by atoms with Gasteiger partial charge < -0.3 is 9.64 Å². The summed E-state index contributed by atoms with van der Waals surface area (Å²) in [5.74, 6) is -0.246. The first-order valence-corrected chi connectivity index (χ1v) is 7.83. The fraction of sp³-hybridized carbons (Fsp3) is 0.150. The van der Waals surface area contributed by atoms with Crippen LogP contribution in [0.15, 0.2) is 66.7 Å². The summed E-state index contributed by atoms with van der Waals surface area (Å²) in [4.78, 5) is 14.2. The van der Waals surface area contributed by atoms with Gasteiger partial charge in [-0.15, -0.1) is 0 Å². The molecule has 114 valence electrons. The number of esters is 1. The number of anilines is 1. The van der Waals surface area contributed by atoms with E-state index in [1.165, 1.54) is 10.8 Å². The molecule has 0 aromatic heterocycles. The minimum Gasteiger partial charge on any atom is -0.434 e. The molecule has 0 aliphatic carbocycles. The highest BCUT2D eigenvalue weighted by Gasteiger charge is 2.34. The highest BCUT2D eigenvalue weighted by atomic mass is 16.6. The molecule has 23 heavy (non-hydrogen) atoms. The Kier molecular flexibility index (Phi) is 3.27. The van der Waals surface area contributed by atoms with Crippen molar-refractivity contribution in [1.82, 2.24) is 0 Å². The summed E-state index contributed by atoms with van der Waals surface area (Å²) in [6.07, 6.45) is -0.357. The molecule has 0 spiro atoms. The fourth-order valence-corrected chi connectivity index (χ4v) is 3.20. The number of carbonyl (C=O) groups excluding carboxylic acids is 1. The SMILES string of the molecule is CCN(c1ccc2ccccc2c1)[C@@H]1OC(=O)c2ccccc21. The van der Waals surface area contributed by atoms with Crippen molar-refractivity contribution in [1.29, 1.82) is 0 Å². The van der Waals surface area contributed by atoms with Gasteiger partial charge in [-0.25, -0.2) is 4.79 Å². The smallest absolute Gasteiger partial charge is 0.340 e. The van der Waals surface area contributed by atoms with Gasteiger partial charge >= 0.3 is 5.97 Å². The first-order valence-electron chi connectivity index (χ1n) is 7.83. The van der Waals surface area contributed by atoms with E-state index in [0.29, 0.717) is 5.56 Å². The fourth-order valence-electron chi connectivity index (χ4n) is 3.20. The van der Waals surface area contributed by atoms with Crippen molar-refractivity contribution in [3.8, 4) is 0 Å². The van der Waals surface area contributed by atoms with E-state index in [9.17, 15) is 4.79 Å². The van der Waals surface area contributed by atoms with Gasteiger partial charge in [0.2, 0.25) is 6.23 Å². The summed E-state index contributed by atoms with van der Waals surface area (Å²) in [7, 11) is 0. The molecule has 0 radical (unpaired) electrons. The molecule has 1 atom stereocenters. The number of fused-ring (bicyclic) bond motifs is 2. The summed E-state index contributed by atoms with van der Waals surface area (Å²) < 4.78 is 5.64. The Bertz CT molecular complexity index is 887. The summed E-state index contributed by atoms with van der Waals surface area (Å²) >= 11 is 0. The number of ether oxygens (including phenoxy) is 1. The molecule has 0 fully saturated rings. The van der Waals surface area contributed by atoms with Gasteiger partial charge in [0.25, 0.3) is 0 Å². The molecule has 1 aliphatic rings. The molecule has 1 aliphatic heterocycles. The number of rotatable bonds is 3. The Morgan fingerprint density at radius 1 is 0.957 bits per heavy atom. The van der Waals surface area contributed by atoms with Gasteiger partial charge in [-0.3, -0.25) is 0 Å². The zero-order chi connectivity index (χ0) is 15.8. The van der Waals surface area contributed by atoms with E-state index < -0.39 is 0 Å². The number of hydrogen-bond acceptors (Lipinski definition) is 3. The highest BCUT2D eigenvalue weighted by molar-refractivity contribution is 5.94. The Hall–Kier alpha value is -2.81. The van der Waals surface area contributed by atoms with Crippen LogP contribution in [0.25, 0.3) is 10.8 Å². The molecule has 0 N–H and O–H groups in total. The first-order chi connectivity index (χ1) is 11.3. The number of hydrogen-bond donors (Lipinski definition) is 0. The van der Waals surface area contributed by atoms with Crippen LogP contribution >= 0.6 is 0 Å². The summed E-state index contributed by atoms with van der Waals surface area (Å²) in [6, 6.07) is 22.2. The molecule has 0 unspecified atom stereocenters. The minimum absolute atomic E-state index is 0.246. The molecule has 0 saturated heterocycles. The van der Waals surface area contributed by atoms with Crippen LogP contribution in [0.1, 0.15) is 29.1 Å². The number of carbonyl (C=O) groups is 1. The predicted molar refractivity (Wildman–Crippen MR) is 91.6 cm³/mol. The van der Waals surface area contributed by atoms with E-state index in [0.717, 1.165) is 17.8 Å². The third-order valence-electron chi connectivity index (χ3n) is 4.35. The van der Waals surface area contributed by atoms with Crippen LogP contribution in [0.4, 0.5) is 5.69 Å². The van der Waals surface area contributed by atoms with E-state index in [1.54, 1.807) is 0 Å². The zero-order valence-corrected chi connectivity index (χ0v) is 12.9. The van der Waals surface area contributed by atoms with Gasteiger partial charge in [0, 0.05) is 17.8 Å². The third kappa shape index (κ3) is 2.25. The summed E-state index contributed by atoms with van der Waals surface area (Å²) in [5, 5.41) is 2.39. The van der Waals surface area contributed by atoms with Crippen molar-refractivity contribution in [2.75, 3.05) is 11.4 Å². The van der Waals surface area contributed by atoms with Gasteiger partial charge in [-0.2, -0.15) is 0 Å². The largest absolute Gasteiger partial charge is 0.434 e. The molecule has 0 amide bonds. The van der Waals surface area contributed by atoms with Gasteiger partial charge in [0.05, 0.1) is 5.56 Å². The molecule has 3 heteroatoms. The van der Waals surface area contributed by atoms with Crippen LogP contribution in [-0.2, 0) is 4.74 Å². The van der Waals surface area contributed by atoms with Gasteiger partial charge in [0.15, 0.2) is 0 Å². The number of benzene rings is 3. The Morgan fingerprint density at radius 3 is 2.52 bits per heavy atom. The molecule has 4 rings (SSSR count). The van der Waals surface area contributed by atoms with E-state index in [-0.39, 0.29) is 12.2 Å². The molecule has 3 aromatic rings. The molecular formula is C20H17NO2. The zero-order valence-electron chi connectivity index (χ0n) is 12.9. The van der Waals surface area contributed by atoms with Crippen LogP contribution in [0.5, 0.6) is 0 Å². The molecule has 0 saturated carbocycles. The maximum atomic E-state index is 12.1. The maximum absolute atomic E-state index is 12.1. The van der Waals surface area contributed by atoms with Crippen LogP contribution in [0.3, 0.4) is 0 Å². The lowest BCUT2D eigenvalue weighted by molar-refractivity contribution is 0.0380. The second-order valence-corrected chi connectivity index (χ2v) is 5.66. The lowest BCUT2D eigenvalue weighted by Crippen LogP contribution is -2.28. The van der Waals surface area contributed by atoms with Crippen molar-refractivity contribution < 1.29 is 9.53 Å². The van der Waals surface area contributed by atoms with Crippen LogP contribution in [0, 0.1) is 0 Å². The Labute approximate surface area is 135 Å². The standard InChI is InChI=1S/C20H17NO2/c1-2-21(16-12-11-14-7-3-4-8-15(14)13-16)19-17-9-5-6-10-18(17)20(22)23-19/h3-13,19H,2H2,1H3/t19-/m1/s1. The predicted octanol–water partition coefficient (Wildman–Crippen LogP) is 4.54. The first kappa shape index (κ1) is 13.8. The highest BCUT2D eigenvalue weighted by Crippen LogP contribution is 2.36. The second kappa shape index (κ2) is 5.43. The Balaban J connectivity index is 1.78. The quantitative estimate of drug-likeness (QED) is 0.665. The molecule has 1 heterocycles. The monoisotopic (exact) mass is 303 g/mol. The van der Waals surface area contributed by atoms with Crippen LogP contribution in [0.2, 0.25) is 0 Å². The number of cyclic esters (lactones) is 1. The minimum atomic E-state index is -0.357. The van der Waals surface area contributed by atoms with Crippen molar-refractivity contribution in [2.24, 2.45) is 0 Å². The van der Waals surface area contributed by atoms with Gasteiger partial charge in [-0.05, 0) is 35.9 Å². The van der Waals surface area contributed by atoms with Gasteiger partial charge in [-0.1, -0.05) is 48.5 Å². The van der Waals surface area contributed by atoms with Crippen LogP contribution in [-0.4, -0.2) is 12.5 Å². The number of nitrogens with zero attached hydrogens (tertiary/aromatic N) is 1. The lowest BCUT2D eigenvalue weighted by Gasteiger charge is -2.29. The van der Waals surface area contributed by atoms with E-state index in [2.05, 4.69) is 42.2 Å². The van der Waals surface area contributed by atoms with E-state index in [4.69, 9.17) is 4.74 Å². The molecule has 3 aromatic carbocycles. The van der Waals surface area contributed by atoms with Gasteiger partial charge in [0.1, 0.15) is 0 Å². The average molecular weight is 303 g/mol. The van der Waals surface area contributed by atoms with Crippen LogP contribution < -0.4 is 4.90 Å². The summed E-state index contributed by atoms with van der Waals surface area (Å²) in [6.45, 7) is 2.83. The maximum Gasteiger partial charge on any atom is 0.340 e. The molecular weight excluding hydrogens is 286 g/mol. The lowest BCUT2D eigenvalue weighted by atomic mass is 10.1. The van der Waals surface area contributed by atoms with Crippen molar-refractivity contribution in [3.63, 3.8) is 0 Å².